The summed E-state index contributed by atoms with van der Waals surface area (Å²) in [5.74, 6) is 2.56. The van der Waals surface area contributed by atoms with Crippen LogP contribution in [0.15, 0.2) is 12.1 Å². The van der Waals surface area contributed by atoms with Crippen molar-refractivity contribution in [2.45, 2.75) is 97.6 Å². The Kier molecular flexibility index (Phi) is 5.28. The molecule has 0 saturated heterocycles. The minimum absolute atomic E-state index is 0.0415. The fraction of sp³-hybridized carbons (Fsp3) is 0.759. The van der Waals surface area contributed by atoms with E-state index < -0.39 is 5.60 Å². The molecule has 0 bridgehead atoms. The van der Waals surface area contributed by atoms with Crippen LogP contribution < -0.4 is 0 Å². The van der Waals surface area contributed by atoms with Crippen LogP contribution in [-0.4, -0.2) is 31.5 Å². The Morgan fingerprint density at radius 2 is 1.83 bits per heavy atom. The Morgan fingerprint density at radius 3 is 2.63 bits per heavy atom. The lowest BCUT2D eigenvalue weighted by Crippen LogP contribution is -2.55. The van der Waals surface area contributed by atoms with Crippen molar-refractivity contribution in [3.05, 3.63) is 23.5 Å². The Hall–Kier alpha value is -1.82. The van der Waals surface area contributed by atoms with Crippen LogP contribution in [-0.2, 0) is 11.3 Å². The smallest absolute Gasteiger partial charge is 0.157 e. The molecule has 5 nitrogen and oxygen atoms in total. The van der Waals surface area contributed by atoms with Gasteiger partial charge >= 0.3 is 0 Å². The van der Waals surface area contributed by atoms with E-state index >= 15 is 0 Å². The van der Waals surface area contributed by atoms with Gasteiger partial charge in [-0.25, -0.2) is 9.07 Å². The average Bonchev–Trinajstić information content (AvgIpc) is 3.37. The van der Waals surface area contributed by atoms with Crippen molar-refractivity contribution in [3.8, 4) is 0 Å². The number of halogens is 1. The Morgan fingerprint density at radius 1 is 1.06 bits per heavy atom. The van der Waals surface area contributed by atoms with Crippen LogP contribution in [0.1, 0.15) is 84.1 Å². The van der Waals surface area contributed by atoms with Gasteiger partial charge in [0, 0.05) is 5.92 Å². The van der Waals surface area contributed by atoms with Crippen LogP contribution in [0.3, 0.4) is 0 Å². The molecule has 0 spiro atoms. The van der Waals surface area contributed by atoms with Crippen LogP contribution in [0.5, 0.6) is 0 Å². The number of benzene rings is 1. The van der Waals surface area contributed by atoms with E-state index in [4.69, 9.17) is 0 Å². The molecule has 0 aliphatic heterocycles. The number of rotatable bonds is 3. The highest BCUT2D eigenvalue weighted by Crippen LogP contribution is 2.68. The van der Waals surface area contributed by atoms with Crippen LogP contribution in [0.2, 0.25) is 0 Å². The van der Waals surface area contributed by atoms with E-state index in [0.29, 0.717) is 34.2 Å². The zero-order valence-corrected chi connectivity index (χ0v) is 21.7. The van der Waals surface area contributed by atoms with Gasteiger partial charge in [0.25, 0.3) is 0 Å². The number of carbonyl (C=O) groups is 1. The van der Waals surface area contributed by atoms with Crippen molar-refractivity contribution >= 4 is 16.8 Å². The lowest BCUT2D eigenvalue weighted by atomic mass is 9.44. The number of hydrogen-bond acceptors (Lipinski definition) is 4. The van der Waals surface area contributed by atoms with Crippen LogP contribution in [0.25, 0.3) is 11.0 Å². The molecule has 6 rings (SSSR count). The summed E-state index contributed by atoms with van der Waals surface area (Å²) in [6, 6.07) is 3.56. The first kappa shape index (κ1) is 23.6. The first-order valence-electron chi connectivity index (χ1n) is 13.8. The minimum Gasteiger partial charge on any atom is -0.390 e. The maximum atomic E-state index is 14.5. The highest BCUT2D eigenvalue weighted by molar-refractivity contribution is 5.84. The molecule has 0 amide bonds. The summed E-state index contributed by atoms with van der Waals surface area (Å²) in [4.78, 5) is 13.7. The summed E-state index contributed by atoms with van der Waals surface area (Å²) in [7, 11) is 0. The molecule has 1 N–H and O–H groups in total. The topological polar surface area (TPSA) is 68.0 Å². The number of ketones is 1. The summed E-state index contributed by atoms with van der Waals surface area (Å²) < 4.78 is 16.1. The van der Waals surface area contributed by atoms with Gasteiger partial charge in [0.15, 0.2) is 11.6 Å². The van der Waals surface area contributed by atoms with E-state index in [2.05, 4.69) is 24.2 Å². The van der Waals surface area contributed by atoms with Gasteiger partial charge in [-0.3, -0.25) is 4.79 Å². The number of Topliss-reactive ketones (excluding diaryl/α,β-unsaturated/α-hetero) is 1. The van der Waals surface area contributed by atoms with Gasteiger partial charge in [-0.15, -0.1) is 5.10 Å². The summed E-state index contributed by atoms with van der Waals surface area (Å²) in [6.07, 6.45) is 9.86. The van der Waals surface area contributed by atoms with Crippen molar-refractivity contribution in [1.82, 2.24) is 15.0 Å². The van der Waals surface area contributed by atoms with Crippen molar-refractivity contribution in [1.29, 1.82) is 0 Å². The van der Waals surface area contributed by atoms with Crippen LogP contribution in [0.4, 0.5) is 4.39 Å². The number of nitrogens with zero attached hydrogens (tertiary/aromatic N) is 3. The fourth-order valence-electron chi connectivity index (χ4n) is 9.44. The predicted octanol–water partition coefficient (Wildman–Crippen LogP) is 5.86. The molecular weight excluding hydrogens is 441 g/mol. The predicted molar refractivity (Wildman–Crippen MR) is 133 cm³/mol. The van der Waals surface area contributed by atoms with E-state index in [1.54, 1.807) is 17.7 Å². The lowest BCUT2D eigenvalue weighted by molar-refractivity contribution is -0.151. The molecule has 190 valence electrons. The van der Waals surface area contributed by atoms with E-state index in [0.717, 1.165) is 44.4 Å². The minimum atomic E-state index is -0.502. The molecule has 35 heavy (non-hydrogen) atoms. The molecule has 6 heteroatoms. The maximum Gasteiger partial charge on any atom is 0.157 e. The SMILES string of the molecule is Cc1ccc2c(nnn2CC(=O)[C@H]2CC[C@H]3[C@@H]4CC[C@@H]5C[C@](C)(O)CC[C@]5(C)[C@H]4CC[C@]23C)c1F. The van der Waals surface area contributed by atoms with Crippen molar-refractivity contribution in [2.75, 3.05) is 0 Å². The quantitative estimate of drug-likeness (QED) is 0.596. The normalized spacial score (nSPS) is 43.0. The molecule has 0 radical (unpaired) electrons. The molecule has 1 aromatic carbocycles. The number of aromatic nitrogens is 3. The molecule has 4 aliphatic carbocycles. The highest BCUT2D eigenvalue weighted by atomic mass is 19.1. The number of hydrogen-bond donors (Lipinski definition) is 1. The number of aryl methyl sites for hydroxylation is 1. The summed E-state index contributed by atoms with van der Waals surface area (Å²) in [6.45, 7) is 8.82. The Labute approximate surface area is 207 Å². The second-order valence-corrected chi connectivity index (χ2v) is 13.3. The van der Waals surface area contributed by atoms with E-state index in [1.165, 1.54) is 19.3 Å². The second-order valence-electron chi connectivity index (χ2n) is 13.3. The van der Waals surface area contributed by atoms with Gasteiger partial charge in [-0.2, -0.15) is 0 Å². The maximum absolute atomic E-state index is 14.5. The van der Waals surface area contributed by atoms with Gasteiger partial charge in [-0.05, 0) is 118 Å². The third kappa shape index (κ3) is 3.45. The third-order valence-corrected chi connectivity index (χ3v) is 11.5. The fourth-order valence-corrected chi connectivity index (χ4v) is 9.44. The third-order valence-electron chi connectivity index (χ3n) is 11.5. The van der Waals surface area contributed by atoms with Crippen LogP contribution >= 0.6 is 0 Å². The van der Waals surface area contributed by atoms with Gasteiger partial charge < -0.3 is 5.11 Å². The molecule has 4 fully saturated rings. The largest absolute Gasteiger partial charge is 0.390 e. The molecule has 2 aromatic rings. The zero-order chi connectivity index (χ0) is 24.8. The molecular formula is C29H40FN3O2. The summed E-state index contributed by atoms with van der Waals surface area (Å²) in [5.41, 5.74) is 1.27. The second kappa shape index (κ2) is 7.84. The Bertz CT molecular complexity index is 1170. The summed E-state index contributed by atoms with van der Waals surface area (Å²) in [5, 5.41) is 18.9. The molecule has 1 aromatic heterocycles. The van der Waals surface area contributed by atoms with E-state index in [9.17, 15) is 14.3 Å². The number of aliphatic hydroxyl groups is 1. The first-order chi connectivity index (χ1) is 16.5. The standard InChI is InChI=1S/C29H40FN3O2/c1-17-5-10-23-26(25(17)30)31-32-33(23)16-24(34)22-9-8-20-19-7-6-18-15-27(2,35)13-14-28(18,3)21(19)11-12-29(20,22)4/h5,10,18-22,35H,6-9,11-16H2,1-4H3/t18-,19+,20+,21+,22-,27-,28+,29+/m1/s1. The molecule has 8 atom stereocenters. The summed E-state index contributed by atoms with van der Waals surface area (Å²) >= 11 is 0. The highest BCUT2D eigenvalue weighted by Gasteiger charge is 2.61. The molecule has 4 aliphatic rings. The van der Waals surface area contributed by atoms with Crippen LogP contribution in [0, 0.1) is 53.2 Å². The molecule has 4 saturated carbocycles. The van der Waals surface area contributed by atoms with E-state index in [1.807, 2.05) is 13.0 Å². The zero-order valence-electron chi connectivity index (χ0n) is 21.7. The van der Waals surface area contributed by atoms with Gasteiger partial charge in [0.05, 0.1) is 11.1 Å². The van der Waals surface area contributed by atoms with Gasteiger partial charge in [0.2, 0.25) is 0 Å². The number of carbonyl (C=O) groups excluding carboxylic acids is 1. The molecule has 1 heterocycles. The van der Waals surface area contributed by atoms with E-state index in [-0.39, 0.29) is 35.0 Å². The number of fused-ring (bicyclic) bond motifs is 6. The van der Waals surface area contributed by atoms with Crippen molar-refractivity contribution < 1.29 is 14.3 Å². The van der Waals surface area contributed by atoms with Gasteiger partial charge in [-0.1, -0.05) is 25.1 Å². The first-order valence-corrected chi connectivity index (χ1v) is 13.8. The molecule has 0 unspecified atom stereocenters. The van der Waals surface area contributed by atoms with Crippen molar-refractivity contribution in [2.24, 2.45) is 40.4 Å². The average molecular weight is 482 g/mol. The van der Waals surface area contributed by atoms with Crippen molar-refractivity contribution in [3.63, 3.8) is 0 Å². The monoisotopic (exact) mass is 481 g/mol. The van der Waals surface area contributed by atoms with Gasteiger partial charge in [0.1, 0.15) is 12.1 Å². The Balaban J connectivity index is 1.22. The lowest BCUT2D eigenvalue weighted by Gasteiger charge is -2.61.